The van der Waals surface area contributed by atoms with Crippen molar-refractivity contribution in [2.45, 2.75) is 18.9 Å². The summed E-state index contributed by atoms with van der Waals surface area (Å²) in [6.07, 6.45) is 1.20. The fourth-order valence-corrected chi connectivity index (χ4v) is 2.26. The van der Waals surface area contributed by atoms with Crippen LogP contribution in [-0.2, 0) is 9.59 Å². The third kappa shape index (κ3) is 4.37. The van der Waals surface area contributed by atoms with Gasteiger partial charge in [-0.2, -0.15) is 0 Å². The van der Waals surface area contributed by atoms with Crippen molar-refractivity contribution >= 4 is 30.0 Å². The number of amides is 1. The molecular formula is C13H15ClF2N2O3. The zero-order valence-corrected chi connectivity index (χ0v) is 11.8. The van der Waals surface area contributed by atoms with Crippen LogP contribution in [0.25, 0.3) is 0 Å². The van der Waals surface area contributed by atoms with E-state index in [2.05, 4.69) is 5.32 Å². The van der Waals surface area contributed by atoms with Crippen molar-refractivity contribution < 1.29 is 23.5 Å². The van der Waals surface area contributed by atoms with E-state index in [4.69, 9.17) is 5.11 Å². The number of hydrogen-bond acceptors (Lipinski definition) is 3. The van der Waals surface area contributed by atoms with Gasteiger partial charge in [-0.05, 0) is 31.5 Å². The number of anilines is 1. The molecule has 0 aliphatic carbocycles. The van der Waals surface area contributed by atoms with Gasteiger partial charge in [0.2, 0.25) is 5.91 Å². The van der Waals surface area contributed by atoms with E-state index in [9.17, 15) is 18.4 Å². The Kier molecular flexibility index (Phi) is 6.04. The summed E-state index contributed by atoms with van der Waals surface area (Å²) in [6.45, 7) is 0.379. The predicted octanol–water partition coefficient (Wildman–Crippen LogP) is 1.87. The van der Waals surface area contributed by atoms with E-state index in [-0.39, 0.29) is 24.6 Å². The van der Waals surface area contributed by atoms with Crippen molar-refractivity contribution in [3.05, 3.63) is 29.8 Å². The molecule has 1 aromatic carbocycles. The Morgan fingerprint density at radius 1 is 1.38 bits per heavy atom. The number of carbonyl (C=O) groups is 2. The molecule has 0 radical (unpaired) electrons. The maximum absolute atomic E-state index is 13.4. The zero-order chi connectivity index (χ0) is 14.7. The Labute approximate surface area is 126 Å². The van der Waals surface area contributed by atoms with Gasteiger partial charge in [0.05, 0.1) is 12.2 Å². The number of rotatable bonds is 4. The number of carboxylic acids is 1. The molecule has 0 bridgehead atoms. The maximum Gasteiger partial charge on any atom is 0.320 e. The van der Waals surface area contributed by atoms with Crippen LogP contribution in [0.3, 0.4) is 0 Å². The quantitative estimate of drug-likeness (QED) is 0.888. The minimum absolute atomic E-state index is 0. The van der Waals surface area contributed by atoms with Crippen LogP contribution < -0.4 is 5.32 Å². The summed E-state index contributed by atoms with van der Waals surface area (Å²) in [4.78, 5) is 24.3. The molecule has 5 nitrogen and oxygen atoms in total. The molecule has 0 spiro atoms. The van der Waals surface area contributed by atoms with E-state index >= 15 is 0 Å². The highest BCUT2D eigenvalue weighted by Crippen LogP contribution is 2.18. The topological polar surface area (TPSA) is 69.6 Å². The number of hydrogen-bond donors (Lipinski definition) is 2. The Morgan fingerprint density at radius 2 is 2.10 bits per heavy atom. The lowest BCUT2D eigenvalue weighted by Gasteiger charge is -2.20. The minimum Gasteiger partial charge on any atom is -0.480 e. The van der Waals surface area contributed by atoms with E-state index in [1.807, 2.05) is 0 Å². The summed E-state index contributed by atoms with van der Waals surface area (Å²) in [5, 5.41) is 11.3. The van der Waals surface area contributed by atoms with Crippen LogP contribution in [0.1, 0.15) is 12.8 Å². The molecule has 1 aliphatic rings. The van der Waals surface area contributed by atoms with E-state index in [1.54, 1.807) is 0 Å². The highest BCUT2D eigenvalue weighted by atomic mass is 35.5. The monoisotopic (exact) mass is 320 g/mol. The van der Waals surface area contributed by atoms with Crippen molar-refractivity contribution in [3.63, 3.8) is 0 Å². The normalized spacial score (nSPS) is 18.1. The molecule has 2 N–H and O–H groups in total. The molecule has 21 heavy (non-hydrogen) atoms. The molecule has 1 aromatic rings. The van der Waals surface area contributed by atoms with E-state index in [1.165, 1.54) is 4.90 Å². The van der Waals surface area contributed by atoms with Crippen molar-refractivity contribution in [2.24, 2.45) is 0 Å². The second kappa shape index (κ2) is 7.33. The number of carboxylic acid groups (broad SMARTS) is 1. The number of halogens is 3. The predicted molar refractivity (Wildman–Crippen MR) is 74.5 cm³/mol. The summed E-state index contributed by atoms with van der Waals surface area (Å²) in [5.74, 6) is -3.09. The molecule has 2 rings (SSSR count). The Bertz CT molecular complexity index is 542. The molecule has 0 unspecified atom stereocenters. The lowest BCUT2D eigenvalue weighted by molar-refractivity contribution is -0.142. The molecule has 1 heterocycles. The van der Waals surface area contributed by atoms with E-state index in [0.29, 0.717) is 25.5 Å². The summed E-state index contributed by atoms with van der Waals surface area (Å²) in [6, 6.07) is 2.15. The molecule has 1 fully saturated rings. The Morgan fingerprint density at radius 3 is 2.71 bits per heavy atom. The lowest BCUT2D eigenvalue weighted by atomic mass is 10.2. The number of nitrogens with zero attached hydrogens (tertiary/aromatic N) is 1. The molecule has 116 valence electrons. The Balaban J connectivity index is 0.00000220. The van der Waals surface area contributed by atoms with Crippen molar-refractivity contribution in [2.75, 3.05) is 18.4 Å². The van der Waals surface area contributed by atoms with Crippen LogP contribution in [0.5, 0.6) is 0 Å². The van der Waals surface area contributed by atoms with Crippen LogP contribution in [0.4, 0.5) is 14.5 Å². The smallest absolute Gasteiger partial charge is 0.320 e. The molecule has 1 saturated heterocycles. The fourth-order valence-electron chi connectivity index (χ4n) is 2.26. The third-order valence-corrected chi connectivity index (χ3v) is 3.20. The highest BCUT2D eigenvalue weighted by Gasteiger charge is 2.31. The molecule has 8 heteroatoms. The van der Waals surface area contributed by atoms with Gasteiger partial charge in [-0.1, -0.05) is 0 Å². The maximum atomic E-state index is 13.4. The van der Waals surface area contributed by atoms with Gasteiger partial charge in [0.25, 0.3) is 0 Å². The van der Waals surface area contributed by atoms with Gasteiger partial charge in [-0.15, -0.1) is 12.4 Å². The first-order chi connectivity index (χ1) is 9.47. The van der Waals surface area contributed by atoms with Gasteiger partial charge in [-0.25, -0.2) is 8.78 Å². The van der Waals surface area contributed by atoms with Gasteiger partial charge >= 0.3 is 5.97 Å². The number of likely N-dealkylation sites (tertiary alicyclic amines) is 1. The number of benzene rings is 1. The molecular weight excluding hydrogens is 306 g/mol. The summed E-state index contributed by atoms with van der Waals surface area (Å²) in [5.41, 5.74) is -0.123. The molecule has 1 aliphatic heterocycles. The summed E-state index contributed by atoms with van der Waals surface area (Å²) >= 11 is 0. The first kappa shape index (κ1) is 17.3. The largest absolute Gasteiger partial charge is 0.480 e. The second-order valence-corrected chi connectivity index (χ2v) is 4.64. The van der Waals surface area contributed by atoms with Crippen LogP contribution in [0, 0.1) is 11.6 Å². The Hall–Kier alpha value is -1.73. The molecule has 0 aromatic heterocycles. The van der Waals surface area contributed by atoms with E-state index in [0.717, 1.165) is 12.1 Å². The standard InChI is InChI=1S/C13H14F2N2O3.ClH/c14-8-3-4-10(9(15)6-8)16-12(18)7-17-5-1-2-11(17)13(19)20;/h3-4,6,11H,1-2,5,7H2,(H,16,18)(H,19,20);1H/t11-;/m0./s1. The van der Waals surface area contributed by atoms with Crippen molar-refractivity contribution in [1.82, 2.24) is 4.90 Å². The SMILES string of the molecule is Cl.O=C(CN1CCC[C@H]1C(=O)O)Nc1ccc(F)cc1F. The van der Waals surface area contributed by atoms with Crippen LogP contribution in [0.2, 0.25) is 0 Å². The van der Waals surface area contributed by atoms with Crippen LogP contribution in [0.15, 0.2) is 18.2 Å². The third-order valence-electron chi connectivity index (χ3n) is 3.20. The number of nitrogens with one attached hydrogen (secondary N) is 1. The van der Waals surface area contributed by atoms with E-state index < -0.39 is 29.6 Å². The van der Waals surface area contributed by atoms with Crippen LogP contribution >= 0.6 is 12.4 Å². The molecule has 0 saturated carbocycles. The van der Waals surface area contributed by atoms with Crippen molar-refractivity contribution in [3.8, 4) is 0 Å². The summed E-state index contributed by atoms with van der Waals surface area (Å²) in [7, 11) is 0. The number of carbonyl (C=O) groups excluding carboxylic acids is 1. The zero-order valence-electron chi connectivity index (χ0n) is 11.0. The first-order valence-electron chi connectivity index (χ1n) is 6.19. The van der Waals surface area contributed by atoms with Gasteiger partial charge in [-0.3, -0.25) is 14.5 Å². The van der Waals surface area contributed by atoms with Gasteiger partial charge in [0, 0.05) is 6.07 Å². The minimum atomic E-state index is -0.969. The fraction of sp³-hybridized carbons (Fsp3) is 0.385. The van der Waals surface area contributed by atoms with Gasteiger partial charge < -0.3 is 10.4 Å². The summed E-state index contributed by atoms with van der Waals surface area (Å²) < 4.78 is 26.1. The van der Waals surface area contributed by atoms with Gasteiger partial charge in [0.1, 0.15) is 17.7 Å². The highest BCUT2D eigenvalue weighted by molar-refractivity contribution is 5.92. The average Bonchev–Trinajstić information content (AvgIpc) is 2.81. The first-order valence-corrected chi connectivity index (χ1v) is 6.19. The molecule has 1 amide bonds. The average molecular weight is 321 g/mol. The number of aliphatic carboxylic acids is 1. The van der Waals surface area contributed by atoms with Gasteiger partial charge in [0.15, 0.2) is 0 Å². The lowest BCUT2D eigenvalue weighted by Crippen LogP contribution is -2.41. The second-order valence-electron chi connectivity index (χ2n) is 4.64. The van der Waals surface area contributed by atoms with Crippen molar-refractivity contribution in [1.29, 1.82) is 0 Å². The van der Waals surface area contributed by atoms with Crippen LogP contribution in [-0.4, -0.2) is 41.0 Å². The molecule has 1 atom stereocenters.